The van der Waals surface area contributed by atoms with Crippen LogP contribution in [0, 0.1) is 11.2 Å². The number of hydrazine groups is 1. The molecule has 13 heteroatoms. The third-order valence-electron chi connectivity index (χ3n) is 6.06. The average Bonchev–Trinajstić information content (AvgIpc) is 3.58. The molecule has 1 atom stereocenters. The molecule has 0 bridgehead atoms. The number of amidine groups is 2. The van der Waals surface area contributed by atoms with Gasteiger partial charge in [0, 0.05) is 22.4 Å². The molecule has 11 nitrogen and oxygen atoms in total. The fraction of sp³-hybridized carbons (Fsp3) is 0.250. The highest BCUT2D eigenvalue weighted by molar-refractivity contribution is 7.12. The topological polar surface area (TPSA) is 158 Å². The minimum Gasteiger partial charge on any atom is -0.493 e. The van der Waals surface area contributed by atoms with Gasteiger partial charge in [-0.05, 0) is 43.2 Å². The maximum Gasteiger partial charge on any atom is 0.349 e. The first-order valence-electron chi connectivity index (χ1n) is 11.4. The molecule has 3 heterocycles. The highest BCUT2D eigenvalue weighted by atomic mass is 32.1. The summed E-state index contributed by atoms with van der Waals surface area (Å²) in [5.41, 5.74) is 12.0. The molecule has 0 aliphatic carbocycles. The van der Waals surface area contributed by atoms with Crippen LogP contribution in [0.2, 0.25) is 0 Å². The Hall–Kier alpha value is -4.39. The zero-order valence-electron chi connectivity index (χ0n) is 19.7. The Morgan fingerprint density at radius 1 is 1.41 bits per heavy atom. The van der Waals surface area contributed by atoms with Crippen molar-refractivity contribution in [1.29, 1.82) is 5.41 Å². The Labute approximate surface area is 215 Å². The lowest BCUT2D eigenvalue weighted by molar-refractivity contribution is 0.0702. The second kappa shape index (κ2) is 9.93. The number of benzene rings is 2. The normalized spacial score (nSPS) is 15.2. The number of rotatable bonds is 8. The lowest BCUT2D eigenvalue weighted by atomic mass is 9.96. The van der Waals surface area contributed by atoms with Crippen molar-refractivity contribution in [3.8, 4) is 11.5 Å². The highest BCUT2D eigenvalue weighted by Crippen LogP contribution is 2.41. The summed E-state index contributed by atoms with van der Waals surface area (Å²) in [6.45, 7) is 0.558. The number of hydrogen-bond acceptors (Lipinski definition) is 10. The molecular weight excluding hydrogens is 501 g/mol. The van der Waals surface area contributed by atoms with Crippen LogP contribution in [0.15, 0.2) is 40.8 Å². The van der Waals surface area contributed by atoms with E-state index in [9.17, 15) is 9.90 Å². The molecule has 0 unspecified atom stereocenters. The van der Waals surface area contributed by atoms with E-state index in [4.69, 9.17) is 20.6 Å². The molecule has 0 spiro atoms. The van der Waals surface area contributed by atoms with Crippen LogP contribution in [0.25, 0.3) is 0 Å². The number of fused-ring (bicyclic) bond motifs is 1. The molecule has 2 aromatic carbocycles. The number of carboxylic acids is 1. The standard InChI is InChI=1S/C24H24FN7O4S/c1-35-16-9-15(17(25)14-3-2-8-36-19(14)16)18(30-13-6-4-12(5-7-13)21(26)27)22-28-10-32(31-22)23-20(24(33)34)37-11-29-23/h4-7,9,11,18,30H,2-3,8,10H2,1H3,(H3,26,27)(H,28,31)(H,33,34)/t18-/m1/s1. The zero-order chi connectivity index (χ0) is 26.1. The van der Waals surface area contributed by atoms with E-state index >= 15 is 4.39 Å². The second-order valence-electron chi connectivity index (χ2n) is 8.34. The van der Waals surface area contributed by atoms with E-state index < -0.39 is 17.8 Å². The van der Waals surface area contributed by atoms with Crippen LogP contribution in [0.3, 0.4) is 0 Å². The molecule has 2 aliphatic rings. The van der Waals surface area contributed by atoms with Gasteiger partial charge in [-0.15, -0.1) is 11.3 Å². The number of nitrogens with two attached hydrogens (primary N) is 1. The number of aliphatic imine (C=N–C) groups is 1. The van der Waals surface area contributed by atoms with E-state index in [-0.39, 0.29) is 28.8 Å². The summed E-state index contributed by atoms with van der Waals surface area (Å²) >= 11 is 1.00. The number of halogens is 1. The van der Waals surface area contributed by atoms with Gasteiger partial charge in [-0.3, -0.25) is 10.8 Å². The van der Waals surface area contributed by atoms with Gasteiger partial charge in [0.15, 0.2) is 22.2 Å². The van der Waals surface area contributed by atoms with Crippen LogP contribution in [0.4, 0.5) is 15.9 Å². The molecule has 0 saturated carbocycles. The Balaban J connectivity index is 1.54. The number of carboxylic acid groups (broad SMARTS) is 1. The summed E-state index contributed by atoms with van der Waals surface area (Å²) in [5, 5.41) is 21.9. The number of anilines is 2. The molecule has 192 valence electrons. The zero-order valence-corrected chi connectivity index (χ0v) is 20.6. The molecule has 1 aromatic heterocycles. The predicted molar refractivity (Wildman–Crippen MR) is 138 cm³/mol. The summed E-state index contributed by atoms with van der Waals surface area (Å²) < 4.78 is 27.2. The molecule has 37 heavy (non-hydrogen) atoms. The van der Waals surface area contributed by atoms with E-state index in [0.717, 1.165) is 11.3 Å². The molecular formula is C24H24FN7O4S. The SMILES string of the molecule is COc1cc([C@@H](Nc2ccc(C(=N)N)cc2)C2=NCN(c3ncsc3C(=O)O)N2)c(F)c2c1OCCC2. The van der Waals surface area contributed by atoms with Crippen molar-refractivity contribution < 1.29 is 23.8 Å². The first kappa shape index (κ1) is 24.3. The lowest BCUT2D eigenvalue weighted by Crippen LogP contribution is -2.41. The van der Waals surface area contributed by atoms with Crippen LogP contribution < -0.4 is 31.0 Å². The van der Waals surface area contributed by atoms with Gasteiger partial charge >= 0.3 is 5.97 Å². The van der Waals surface area contributed by atoms with Crippen molar-refractivity contribution in [3.63, 3.8) is 0 Å². The number of aromatic carboxylic acids is 1. The number of nitrogen functional groups attached to an aromatic ring is 1. The van der Waals surface area contributed by atoms with Crippen LogP contribution in [-0.2, 0) is 6.42 Å². The van der Waals surface area contributed by atoms with Gasteiger partial charge in [-0.1, -0.05) is 0 Å². The fourth-order valence-electron chi connectivity index (χ4n) is 4.28. The van der Waals surface area contributed by atoms with Crippen LogP contribution in [-0.4, -0.2) is 48.1 Å². The quantitative estimate of drug-likeness (QED) is 0.220. The van der Waals surface area contributed by atoms with Gasteiger partial charge in [-0.25, -0.2) is 24.2 Å². The minimum absolute atomic E-state index is 0.0621. The van der Waals surface area contributed by atoms with Gasteiger partial charge < -0.3 is 25.6 Å². The predicted octanol–water partition coefficient (Wildman–Crippen LogP) is 3.13. The van der Waals surface area contributed by atoms with E-state index in [0.29, 0.717) is 53.6 Å². The maximum atomic E-state index is 16.0. The van der Waals surface area contributed by atoms with Crippen LogP contribution in [0.5, 0.6) is 11.5 Å². The molecule has 2 aliphatic heterocycles. The van der Waals surface area contributed by atoms with Crippen molar-refractivity contribution in [1.82, 2.24) is 10.4 Å². The summed E-state index contributed by atoms with van der Waals surface area (Å²) in [6, 6.07) is 7.61. The monoisotopic (exact) mass is 525 g/mol. The summed E-state index contributed by atoms with van der Waals surface area (Å²) in [6.07, 6.45) is 1.17. The summed E-state index contributed by atoms with van der Waals surface area (Å²) in [4.78, 5) is 20.4. The fourth-order valence-corrected chi connectivity index (χ4v) is 4.90. The van der Waals surface area contributed by atoms with E-state index in [1.54, 1.807) is 30.3 Å². The van der Waals surface area contributed by atoms with E-state index in [1.165, 1.54) is 17.6 Å². The van der Waals surface area contributed by atoms with Gasteiger partial charge in [0.25, 0.3) is 0 Å². The smallest absolute Gasteiger partial charge is 0.349 e. The third-order valence-corrected chi connectivity index (χ3v) is 6.87. The van der Waals surface area contributed by atoms with Crippen molar-refractivity contribution in [2.45, 2.75) is 18.9 Å². The average molecular weight is 526 g/mol. The maximum absolute atomic E-state index is 16.0. The summed E-state index contributed by atoms with van der Waals surface area (Å²) in [7, 11) is 1.50. The number of nitrogens with one attached hydrogen (secondary N) is 3. The first-order valence-corrected chi connectivity index (χ1v) is 12.2. The molecule has 6 N–H and O–H groups in total. The van der Waals surface area contributed by atoms with Crippen LogP contribution >= 0.6 is 11.3 Å². The highest BCUT2D eigenvalue weighted by Gasteiger charge is 2.33. The molecule has 0 saturated heterocycles. The van der Waals surface area contributed by atoms with Crippen molar-refractivity contribution in [2.24, 2.45) is 10.7 Å². The number of hydrogen-bond donors (Lipinski definition) is 5. The molecule has 0 amide bonds. The lowest BCUT2D eigenvalue weighted by Gasteiger charge is -2.27. The van der Waals surface area contributed by atoms with Crippen molar-refractivity contribution >= 4 is 40.5 Å². The number of aromatic nitrogens is 1. The number of carbonyl (C=O) groups is 1. The molecule has 0 fully saturated rings. The van der Waals surface area contributed by atoms with Crippen molar-refractivity contribution in [2.75, 3.05) is 30.7 Å². The molecule has 0 radical (unpaired) electrons. The van der Waals surface area contributed by atoms with Gasteiger partial charge in [0.2, 0.25) is 0 Å². The summed E-state index contributed by atoms with van der Waals surface area (Å²) in [5.74, 6) is -0.211. The Morgan fingerprint density at radius 2 is 2.19 bits per heavy atom. The Kier molecular flexibility index (Phi) is 6.53. The number of thiazole rings is 1. The Bertz CT molecular complexity index is 1390. The van der Waals surface area contributed by atoms with Gasteiger partial charge in [-0.2, -0.15) is 0 Å². The second-order valence-corrected chi connectivity index (χ2v) is 9.20. The minimum atomic E-state index is -1.10. The number of methoxy groups -OCH3 is 1. The molecule has 3 aromatic rings. The van der Waals surface area contributed by atoms with Gasteiger partial charge in [0.1, 0.15) is 30.2 Å². The number of ether oxygens (including phenoxy) is 2. The van der Waals surface area contributed by atoms with Crippen molar-refractivity contribution in [3.05, 3.63) is 63.2 Å². The van der Waals surface area contributed by atoms with Crippen LogP contribution in [0.1, 0.15) is 38.8 Å². The largest absolute Gasteiger partial charge is 0.493 e. The number of nitrogens with zero attached hydrogens (tertiary/aromatic N) is 3. The first-order chi connectivity index (χ1) is 17.9. The Morgan fingerprint density at radius 3 is 2.89 bits per heavy atom. The molecule has 5 rings (SSSR count). The third kappa shape index (κ3) is 4.60. The van der Waals surface area contributed by atoms with Gasteiger partial charge in [0.05, 0.1) is 19.2 Å². The van der Waals surface area contributed by atoms with E-state index in [2.05, 4.69) is 20.7 Å². The van der Waals surface area contributed by atoms with E-state index in [1.807, 2.05) is 0 Å².